The molecule has 0 aliphatic carbocycles. The van der Waals surface area contributed by atoms with Gasteiger partial charge < -0.3 is 14.5 Å². The zero-order chi connectivity index (χ0) is 28.5. The largest absolute Gasteiger partial charge is 0.494 e. The topological polar surface area (TPSA) is 62.7 Å². The van der Waals surface area contributed by atoms with Crippen molar-refractivity contribution in [2.24, 2.45) is 0 Å². The van der Waals surface area contributed by atoms with Crippen molar-refractivity contribution in [3.63, 3.8) is 0 Å². The van der Waals surface area contributed by atoms with Gasteiger partial charge in [-0.2, -0.15) is 0 Å². The SMILES string of the molecule is CCCCOc1ccc(S(=O)(=O)c2cnc3ccc(SC)cc3c2N2CCC(N(CCC)CCCC)CC2)cc1. The number of pyridine rings is 1. The highest BCUT2D eigenvalue weighted by Gasteiger charge is 2.31. The van der Waals surface area contributed by atoms with E-state index >= 15 is 0 Å². The summed E-state index contributed by atoms with van der Waals surface area (Å²) in [6.07, 6.45) is 11.3. The zero-order valence-electron chi connectivity index (χ0n) is 24.6. The molecule has 218 valence electrons. The number of nitrogens with zero attached hydrogens (tertiary/aromatic N) is 3. The van der Waals surface area contributed by atoms with Crippen LogP contribution in [0.15, 0.2) is 63.3 Å². The first-order chi connectivity index (χ1) is 19.4. The molecule has 0 radical (unpaired) electrons. The highest BCUT2D eigenvalue weighted by Crippen LogP contribution is 2.39. The number of sulfone groups is 1. The molecule has 1 aromatic heterocycles. The Hall–Kier alpha value is -2.29. The lowest BCUT2D eigenvalue weighted by atomic mass is 10.0. The number of ether oxygens (including phenoxy) is 1. The van der Waals surface area contributed by atoms with E-state index in [1.165, 1.54) is 12.8 Å². The standard InChI is InChI=1S/C32H45N3O3S2/c1-5-8-19-34(18-7-3)25-16-20-35(21-17-25)32-29-23-27(39-4)12-15-30(29)33-24-31(32)40(36,37)28-13-10-26(11-14-28)38-22-9-6-2/h10-15,23-25H,5-9,16-22H2,1-4H3. The van der Waals surface area contributed by atoms with Crippen molar-refractivity contribution in [2.45, 2.75) is 86.4 Å². The molecule has 1 aliphatic heterocycles. The zero-order valence-corrected chi connectivity index (χ0v) is 26.2. The van der Waals surface area contributed by atoms with Gasteiger partial charge in [-0.1, -0.05) is 33.6 Å². The summed E-state index contributed by atoms with van der Waals surface area (Å²) in [6.45, 7) is 11.2. The van der Waals surface area contributed by atoms with Crippen LogP contribution >= 0.6 is 11.8 Å². The van der Waals surface area contributed by atoms with Crippen LogP contribution < -0.4 is 9.64 Å². The predicted molar refractivity (Wildman–Crippen MR) is 168 cm³/mol. The number of hydrogen-bond acceptors (Lipinski definition) is 7. The van der Waals surface area contributed by atoms with Crippen LogP contribution in [-0.2, 0) is 9.84 Å². The van der Waals surface area contributed by atoms with Crippen molar-refractivity contribution in [3.8, 4) is 5.75 Å². The Kier molecular flexibility index (Phi) is 11.2. The van der Waals surface area contributed by atoms with E-state index in [0.29, 0.717) is 18.4 Å². The van der Waals surface area contributed by atoms with E-state index in [9.17, 15) is 8.42 Å². The third kappa shape index (κ3) is 7.12. The second-order valence-electron chi connectivity index (χ2n) is 10.6. The molecule has 0 spiro atoms. The van der Waals surface area contributed by atoms with Gasteiger partial charge in [0.25, 0.3) is 0 Å². The Morgan fingerprint density at radius 1 is 0.975 bits per heavy atom. The Morgan fingerprint density at radius 2 is 1.70 bits per heavy atom. The second-order valence-corrected chi connectivity index (χ2v) is 13.4. The van der Waals surface area contributed by atoms with Gasteiger partial charge in [-0.3, -0.25) is 4.98 Å². The van der Waals surface area contributed by atoms with E-state index in [2.05, 4.69) is 47.7 Å². The minimum absolute atomic E-state index is 0.266. The number of unbranched alkanes of at least 4 members (excludes halogenated alkanes) is 2. The van der Waals surface area contributed by atoms with E-state index in [1.54, 1.807) is 42.2 Å². The molecule has 1 saturated heterocycles. The summed E-state index contributed by atoms with van der Waals surface area (Å²) in [6, 6.07) is 13.5. The fraction of sp³-hybridized carbons (Fsp3) is 0.531. The first-order valence-electron chi connectivity index (χ1n) is 14.9. The number of fused-ring (bicyclic) bond motifs is 1. The van der Waals surface area contributed by atoms with Gasteiger partial charge in [0, 0.05) is 35.6 Å². The molecule has 1 fully saturated rings. The third-order valence-corrected chi connectivity index (χ3v) is 10.3. The summed E-state index contributed by atoms with van der Waals surface area (Å²) in [4.78, 5) is 11.2. The fourth-order valence-corrected chi connectivity index (χ4v) is 7.42. The smallest absolute Gasteiger partial charge is 0.210 e. The van der Waals surface area contributed by atoms with Crippen molar-refractivity contribution in [1.82, 2.24) is 9.88 Å². The predicted octanol–water partition coefficient (Wildman–Crippen LogP) is 7.45. The van der Waals surface area contributed by atoms with E-state index in [-0.39, 0.29) is 9.79 Å². The number of thioether (sulfide) groups is 1. The molecule has 3 aromatic rings. The highest BCUT2D eigenvalue weighted by atomic mass is 32.2. The fourth-order valence-electron chi connectivity index (χ4n) is 5.55. The Morgan fingerprint density at radius 3 is 2.35 bits per heavy atom. The molecule has 6 nitrogen and oxygen atoms in total. The molecule has 2 aromatic carbocycles. The van der Waals surface area contributed by atoms with Crippen molar-refractivity contribution in [1.29, 1.82) is 0 Å². The van der Waals surface area contributed by atoms with Gasteiger partial charge in [0.05, 0.1) is 22.7 Å². The molecule has 1 aliphatic rings. The van der Waals surface area contributed by atoms with Crippen LogP contribution in [0.2, 0.25) is 0 Å². The normalized spacial score (nSPS) is 14.8. The van der Waals surface area contributed by atoms with Gasteiger partial charge in [0.1, 0.15) is 10.6 Å². The Balaban J connectivity index is 1.69. The quantitative estimate of drug-likeness (QED) is 0.144. The summed E-state index contributed by atoms with van der Waals surface area (Å²) < 4.78 is 34.0. The molecule has 0 unspecified atom stereocenters. The number of rotatable bonds is 14. The molecule has 0 atom stereocenters. The van der Waals surface area contributed by atoms with Gasteiger partial charge in [-0.05, 0) is 93.9 Å². The molecule has 8 heteroatoms. The van der Waals surface area contributed by atoms with Crippen molar-refractivity contribution in [3.05, 3.63) is 48.7 Å². The number of anilines is 1. The Labute approximate surface area is 245 Å². The summed E-state index contributed by atoms with van der Waals surface area (Å²) in [5.41, 5.74) is 1.61. The van der Waals surface area contributed by atoms with Gasteiger partial charge in [-0.15, -0.1) is 11.8 Å². The number of hydrogen-bond donors (Lipinski definition) is 0. The monoisotopic (exact) mass is 583 g/mol. The molecule has 2 heterocycles. The first kappa shape index (κ1) is 30.7. The van der Waals surface area contributed by atoms with Gasteiger partial charge in [-0.25, -0.2) is 8.42 Å². The maximum Gasteiger partial charge on any atom is 0.210 e. The molecular weight excluding hydrogens is 539 g/mol. The highest BCUT2D eigenvalue weighted by molar-refractivity contribution is 7.98. The van der Waals surface area contributed by atoms with E-state index < -0.39 is 9.84 Å². The van der Waals surface area contributed by atoms with Crippen LogP contribution in [0.5, 0.6) is 5.75 Å². The number of aromatic nitrogens is 1. The average molecular weight is 584 g/mol. The molecule has 0 amide bonds. The van der Waals surface area contributed by atoms with E-state index in [1.807, 2.05) is 12.3 Å². The lowest BCUT2D eigenvalue weighted by molar-refractivity contribution is 0.166. The minimum Gasteiger partial charge on any atom is -0.494 e. The molecule has 0 bridgehead atoms. The third-order valence-electron chi connectivity index (χ3n) is 7.81. The maximum absolute atomic E-state index is 14.1. The molecular formula is C32H45N3O3S2. The summed E-state index contributed by atoms with van der Waals surface area (Å²) in [7, 11) is -3.80. The lowest BCUT2D eigenvalue weighted by Gasteiger charge is -2.40. The first-order valence-corrected chi connectivity index (χ1v) is 17.6. The Bertz CT molecular complexity index is 1340. The summed E-state index contributed by atoms with van der Waals surface area (Å²) in [5, 5.41) is 0.905. The summed E-state index contributed by atoms with van der Waals surface area (Å²) >= 11 is 1.66. The van der Waals surface area contributed by atoms with Gasteiger partial charge >= 0.3 is 0 Å². The minimum atomic E-state index is -3.80. The maximum atomic E-state index is 14.1. The van der Waals surface area contributed by atoms with Gasteiger partial charge in [0.15, 0.2) is 0 Å². The van der Waals surface area contributed by atoms with Gasteiger partial charge in [0.2, 0.25) is 9.84 Å². The van der Waals surface area contributed by atoms with E-state index in [0.717, 1.165) is 79.8 Å². The van der Waals surface area contributed by atoms with Crippen LogP contribution in [0.3, 0.4) is 0 Å². The van der Waals surface area contributed by atoms with Crippen LogP contribution in [0.25, 0.3) is 10.9 Å². The molecule has 40 heavy (non-hydrogen) atoms. The second kappa shape index (κ2) is 14.6. The van der Waals surface area contributed by atoms with E-state index in [4.69, 9.17) is 4.74 Å². The van der Waals surface area contributed by atoms with Crippen LogP contribution in [0, 0.1) is 0 Å². The number of piperidine rings is 1. The van der Waals surface area contributed by atoms with Crippen LogP contribution in [-0.4, -0.2) is 63.4 Å². The van der Waals surface area contributed by atoms with Crippen LogP contribution in [0.4, 0.5) is 5.69 Å². The van der Waals surface area contributed by atoms with Crippen molar-refractivity contribution < 1.29 is 13.2 Å². The summed E-state index contributed by atoms with van der Waals surface area (Å²) in [5.74, 6) is 0.690. The average Bonchev–Trinajstić information content (AvgIpc) is 2.99. The molecule has 4 rings (SSSR count). The lowest BCUT2D eigenvalue weighted by Crippen LogP contribution is -2.46. The van der Waals surface area contributed by atoms with Crippen molar-refractivity contribution >= 4 is 38.2 Å². The molecule has 0 N–H and O–H groups in total. The van der Waals surface area contributed by atoms with Crippen LogP contribution in [0.1, 0.15) is 65.7 Å². The molecule has 0 saturated carbocycles. The number of benzene rings is 2. The van der Waals surface area contributed by atoms with Crippen molar-refractivity contribution in [2.75, 3.05) is 43.9 Å².